The second-order valence-electron chi connectivity index (χ2n) is 13.0. The van der Waals surface area contributed by atoms with E-state index < -0.39 is 18.1 Å². The lowest BCUT2D eigenvalue weighted by Crippen LogP contribution is -2.55. The minimum absolute atomic E-state index is 0.00350. The van der Waals surface area contributed by atoms with Crippen LogP contribution in [0.4, 0.5) is 0 Å². The first-order valence-electron chi connectivity index (χ1n) is 17.4. The predicted molar refractivity (Wildman–Crippen MR) is 176 cm³/mol. The maximum atomic E-state index is 11.9. The highest BCUT2D eigenvalue weighted by Crippen LogP contribution is 2.12. The highest BCUT2D eigenvalue weighted by molar-refractivity contribution is 5.69. The summed E-state index contributed by atoms with van der Waals surface area (Å²) in [7, 11) is 5.36. The summed E-state index contributed by atoms with van der Waals surface area (Å²) in [5.74, 6) is -1.42. The molecule has 0 amide bonds. The zero-order chi connectivity index (χ0) is 32.0. The summed E-state index contributed by atoms with van der Waals surface area (Å²) < 4.78 is 10.7. The topological polar surface area (TPSA) is 95.9 Å². The Morgan fingerprint density at radius 1 is 0.721 bits per heavy atom. The van der Waals surface area contributed by atoms with Crippen LogP contribution in [0.5, 0.6) is 0 Å². The zero-order valence-electron chi connectivity index (χ0n) is 28.4. The number of aliphatic hydroxyl groups is 1. The van der Waals surface area contributed by atoms with Gasteiger partial charge in [-0.05, 0) is 38.5 Å². The third kappa shape index (κ3) is 28.8. The molecule has 2 atom stereocenters. The SMILES string of the molecule is CCCCCCCCCCC/C=C/C/C=C/CCCCCCCCCC(=O)OCC(O)COCCC(C(=O)[O-])[N+](C)(C)C. The van der Waals surface area contributed by atoms with Crippen molar-refractivity contribution in [2.75, 3.05) is 41.0 Å². The van der Waals surface area contributed by atoms with Crippen molar-refractivity contribution in [2.45, 2.75) is 154 Å². The number of esters is 1. The second-order valence-corrected chi connectivity index (χ2v) is 13.0. The van der Waals surface area contributed by atoms with Crippen LogP contribution in [0.15, 0.2) is 24.3 Å². The Hall–Kier alpha value is -1.70. The van der Waals surface area contributed by atoms with E-state index in [9.17, 15) is 19.8 Å². The van der Waals surface area contributed by atoms with Gasteiger partial charge in [-0.15, -0.1) is 0 Å². The fourth-order valence-electron chi connectivity index (χ4n) is 5.04. The minimum Gasteiger partial charge on any atom is -0.544 e. The molecule has 2 unspecified atom stereocenters. The van der Waals surface area contributed by atoms with Gasteiger partial charge in [0.1, 0.15) is 18.8 Å². The lowest BCUT2D eigenvalue weighted by atomic mass is 10.1. The van der Waals surface area contributed by atoms with Gasteiger partial charge in [-0.3, -0.25) is 4.79 Å². The summed E-state index contributed by atoms with van der Waals surface area (Å²) in [4.78, 5) is 23.2. The monoisotopic (exact) mass is 609 g/mol. The van der Waals surface area contributed by atoms with Crippen LogP contribution in [-0.4, -0.2) is 74.6 Å². The van der Waals surface area contributed by atoms with Crippen LogP contribution in [0.25, 0.3) is 0 Å². The molecule has 0 aromatic carbocycles. The molecule has 0 aliphatic carbocycles. The molecule has 0 saturated carbocycles. The van der Waals surface area contributed by atoms with Crippen molar-refractivity contribution in [1.29, 1.82) is 0 Å². The van der Waals surface area contributed by atoms with Gasteiger partial charge in [-0.25, -0.2) is 0 Å². The number of hydrogen-bond donors (Lipinski definition) is 1. The van der Waals surface area contributed by atoms with E-state index in [1.165, 1.54) is 89.9 Å². The molecule has 0 aromatic rings. The third-order valence-electron chi connectivity index (χ3n) is 7.82. The number of nitrogens with zero attached hydrogens (tertiary/aromatic N) is 1. The zero-order valence-corrected chi connectivity index (χ0v) is 28.4. The molecule has 252 valence electrons. The molecular weight excluding hydrogens is 542 g/mol. The Balaban J connectivity index is 3.49. The Labute approximate surface area is 264 Å². The molecule has 0 radical (unpaired) electrons. The summed E-state index contributed by atoms with van der Waals surface area (Å²) in [5.41, 5.74) is 0. The molecule has 0 fully saturated rings. The van der Waals surface area contributed by atoms with Crippen LogP contribution in [-0.2, 0) is 19.1 Å². The first kappa shape index (κ1) is 41.3. The van der Waals surface area contributed by atoms with Gasteiger partial charge >= 0.3 is 5.97 Å². The number of carboxylic acid groups (broad SMARTS) is 1. The average Bonchev–Trinajstić information content (AvgIpc) is 2.95. The highest BCUT2D eigenvalue weighted by Gasteiger charge is 2.24. The number of hydrogen-bond acceptors (Lipinski definition) is 6. The molecule has 0 rings (SSSR count). The maximum absolute atomic E-state index is 11.9. The van der Waals surface area contributed by atoms with Crippen molar-refractivity contribution in [3.8, 4) is 0 Å². The number of quaternary nitrogens is 1. The number of allylic oxidation sites excluding steroid dienone is 4. The molecule has 0 aliphatic heterocycles. The highest BCUT2D eigenvalue weighted by atomic mass is 16.5. The summed E-state index contributed by atoms with van der Waals surface area (Å²) in [6.07, 6.45) is 32.8. The lowest BCUT2D eigenvalue weighted by Gasteiger charge is -2.34. The molecule has 7 nitrogen and oxygen atoms in total. The molecule has 1 N–H and O–H groups in total. The van der Waals surface area contributed by atoms with Crippen LogP contribution < -0.4 is 5.11 Å². The van der Waals surface area contributed by atoms with Gasteiger partial charge in [0.2, 0.25) is 0 Å². The molecule has 0 spiro atoms. The molecule has 0 heterocycles. The number of aliphatic hydroxyl groups excluding tert-OH is 1. The van der Waals surface area contributed by atoms with E-state index in [2.05, 4.69) is 31.2 Å². The van der Waals surface area contributed by atoms with Crippen molar-refractivity contribution in [3.63, 3.8) is 0 Å². The Morgan fingerprint density at radius 2 is 1.21 bits per heavy atom. The van der Waals surface area contributed by atoms with E-state index >= 15 is 0 Å². The fraction of sp³-hybridized carbons (Fsp3) is 0.833. The number of carbonyl (C=O) groups is 2. The van der Waals surface area contributed by atoms with Crippen LogP contribution in [0, 0.1) is 0 Å². The largest absolute Gasteiger partial charge is 0.544 e. The van der Waals surface area contributed by atoms with Crippen LogP contribution in [0.2, 0.25) is 0 Å². The van der Waals surface area contributed by atoms with Crippen molar-refractivity contribution in [3.05, 3.63) is 24.3 Å². The number of unbranched alkanes of at least 4 members (excludes halogenated alkanes) is 16. The van der Waals surface area contributed by atoms with Gasteiger partial charge in [0.25, 0.3) is 0 Å². The Morgan fingerprint density at radius 3 is 1.70 bits per heavy atom. The van der Waals surface area contributed by atoms with E-state index in [1.54, 1.807) is 21.1 Å². The van der Waals surface area contributed by atoms with E-state index in [1.807, 2.05) is 0 Å². The van der Waals surface area contributed by atoms with E-state index in [0.29, 0.717) is 6.42 Å². The quantitative estimate of drug-likeness (QED) is 0.0391. The van der Waals surface area contributed by atoms with Crippen LogP contribution in [0.3, 0.4) is 0 Å². The van der Waals surface area contributed by atoms with E-state index in [-0.39, 0.29) is 36.7 Å². The summed E-state index contributed by atoms with van der Waals surface area (Å²) in [5, 5.41) is 21.2. The van der Waals surface area contributed by atoms with Crippen molar-refractivity contribution in [2.24, 2.45) is 0 Å². The van der Waals surface area contributed by atoms with Crippen LogP contribution in [0.1, 0.15) is 142 Å². The third-order valence-corrected chi connectivity index (χ3v) is 7.82. The van der Waals surface area contributed by atoms with Crippen LogP contribution >= 0.6 is 0 Å². The van der Waals surface area contributed by atoms with Crippen molar-refractivity contribution >= 4 is 11.9 Å². The molecule has 7 heteroatoms. The number of likely N-dealkylation sites (N-methyl/N-ethyl adjacent to an activating group) is 1. The molecule has 43 heavy (non-hydrogen) atoms. The molecule has 0 saturated heterocycles. The maximum Gasteiger partial charge on any atom is 0.305 e. The average molecular weight is 610 g/mol. The predicted octanol–water partition coefficient (Wildman–Crippen LogP) is 7.06. The number of ether oxygens (including phenoxy) is 2. The Bertz CT molecular complexity index is 715. The fourth-order valence-corrected chi connectivity index (χ4v) is 5.04. The van der Waals surface area contributed by atoms with Crippen molar-refractivity contribution in [1.82, 2.24) is 0 Å². The van der Waals surface area contributed by atoms with Gasteiger partial charge in [0.15, 0.2) is 0 Å². The standard InChI is InChI=1S/C36H67NO6/c1-5-6-7-8-9-10-11-12-13-14-15-16-17-18-19-20-21-22-23-24-25-26-27-28-35(39)43-32-33(38)31-42-30-29-34(36(40)41)37(2,3)4/h15-16,18-19,33-34,38H,5-14,17,20-32H2,1-4H3/b16-15+,19-18+. The first-order chi connectivity index (χ1) is 20.7. The van der Waals surface area contributed by atoms with E-state index in [0.717, 1.165) is 32.1 Å². The molecular formula is C36H67NO6. The number of carboxylic acids is 1. The second kappa shape index (κ2) is 29.0. The molecule has 0 bridgehead atoms. The van der Waals surface area contributed by atoms with E-state index in [4.69, 9.17) is 9.47 Å². The molecule has 0 aromatic heterocycles. The summed E-state index contributed by atoms with van der Waals surface area (Å²) in [6.45, 7) is 2.35. The summed E-state index contributed by atoms with van der Waals surface area (Å²) in [6, 6.07) is -0.686. The smallest absolute Gasteiger partial charge is 0.305 e. The minimum atomic E-state index is -1.12. The van der Waals surface area contributed by atoms with Gasteiger partial charge in [0, 0.05) is 12.8 Å². The van der Waals surface area contributed by atoms with Gasteiger partial charge < -0.3 is 29.0 Å². The Kier molecular flexibility index (Phi) is 27.9. The van der Waals surface area contributed by atoms with Gasteiger partial charge in [-0.1, -0.05) is 115 Å². The summed E-state index contributed by atoms with van der Waals surface area (Å²) >= 11 is 0. The number of aliphatic carboxylic acids is 1. The van der Waals surface area contributed by atoms with Crippen molar-refractivity contribution < 1.29 is 33.8 Å². The normalized spacial score (nSPS) is 13.6. The number of rotatable bonds is 31. The van der Waals surface area contributed by atoms with Gasteiger partial charge in [0.05, 0.1) is 40.3 Å². The van der Waals surface area contributed by atoms with Gasteiger partial charge in [-0.2, -0.15) is 0 Å². The first-order valence-corrected chi connectivity index (χ1v) is 17.4. The number of carbonyl (C=O) groups excluding carboxylic acids is 2. The lowest BCUT2D eigenvalue weighted by molar-refractivity contribution is -0.889. The molecule has 0 aliphatic rings.